The van der Waals surface area contributed by atoms with Crippen molar-refractivity contribution in [1.82, 2.24) is 34.8 Å². The Balaban J connectivity index is 1.25. The van der Waals surface area contributed by atoms with Gasteiger partial charge in [-0.3, -0.25) is 24.3 Å². The maximum Gasteiger partial charge on any atom is 0.407 e. The second-order valence-electron chi connectivity index (χ2n) is 15.2. The van der Waals surface area contributed by atoms with E-state index in [1.807, 2.05) is 19.9 Å². The molecular formula is C38H55FN8O6. The van der Waals surface area contributed by atoms with E-state index in [0.29, 0.717) is 50.5 Å². The summed E-state index contributed by atoms with van der Waals surface area (Å²) in [4.78, 5) is 57.4. The summed E-state index contributed by atoms with van der Waals surface area (Å²) in [7, 11) is 2.11. The zero-order valence-electron chi connectivity index (χ0n) is 31.7. The number of hydrogen-bond acceptors (Lipinski definition) is 10. The number of nitrogens with zero attached hydrogens (tertiary/aromatic N) is 7. The molecule has 0 aliphatic carbocycles. The number of piperazine rings is 2. The molecule has 6 rings (SSSR count). The minimum Gasteiger partial charge on any atom is -0.474 e. The topological polar surface area (TPSA) is 134 Å². The summed E-state index contributed by atoms with van der Waals surface area (Å²) in [5, 5.41) is 13.0. The highest BCUT2D eigenvalue weighted by molar-refractivity contribution is 5.99. The van der Waals surface area contributed by atoms with Gasteiger partial charge in [0.1, 0.15) is 23.8 Å². The predicted octanol–water partition coefficient (Wildman–Crippen LogP) is 2.06. The lowest BCUT2D eigenvalue weighted by molar-refractivity contribution is -0.122. The first-order chi connectivity index (χ1) is 25.4. The number of carbonyl (C=O) groups is 3. The standard InChI is InChI=1S/C38H55FN8O6/c1-25-18-44(32(20-46(25)38(50)51)19-45-26(2)22-52-23-27(45)3)21-34(48)47-28(4)24-53-37-33(47)17-30(16-29-6-8-31(39)9-7-29)35(41-37)36(49)40-10-11-43-14-12-42(5)13-15-43/h6-9,17,25-28,32H,10-16,18-24H2,1-5H3,(H,40,49)(H,50,51)/t25-,26-,27-,28+,32+/m1/s1. The van der Waals surface area contributed by atoms with Gasteiger partial charge in [0.15, 0.2) is 0 Å². The zero-order valence-corrected chi connectivity index (χ0v) is 31.7. The summed E-state index contributed by atoms with van der Waals surface area (Å²) in [6.45, 7) is 15.8. The molecule has 3 amide bonds. The van der Waals surface area contributed by atoms with Gasteiger partial charge in [0.2, 0.25) is 11.8 Å². The lowest BCUT2D eigenvalue weighted by Crippen LogP contribution is -2.65. The van der Waals surface area contributed by atoms with Gasteiger partial charge in [-0.05, 0) is 70.5 Å². The number of aromatic nitrogens is 1. The van der Waals surface area contributed by atoms with E-state index in [0.717, 1.165) is 38.3 Å². The molecule has 5 heterocycles. The normalized spacial score (nSPS) is 26.2. The number of likely N-dealkylation sites (N-methyl/N-ethyl adjacent to an activating group) is 1. The highest BCUT2D eigenvalue weighted by Gasteiger charge is 2.40. The van der Waals surface area contributed by atoms with Crippen LogP contribution in [-0.4, -0.2) is 175 Å². The number of carbonyl (C=O) groups excluding carboxylic acids is 2. The van der Waals surface area contributed by atoms with Crippen molar-refractivity contribution >= 4 is 23.6 Å². The average molecular weight is 739 g/mol. The molecule has 4 aliphatic heterocycles. The maximum absolute atomic E-state index is 14.5. The number of anilines is 1. The van der Waals surface area contributed by atoms with Gasteiger partial charge in [-0.15, -0.1) is 0 Å². The van der Waals surface area contributed by atoms with Crippen molar-refractivity contribution in [2.75, 3.05) is 97.2 Å². The number of benzene rings is 1. The number of ether oxygens (including phenoxy) is 2. The molecule has 53 heavy (non-hydrogen) atoms. The van der Waals surface area contributed by atoms with E-state index >= 15 is 0 Å². The summed E-state index contributed by atoms with van der Waals surface area (Å²) in [6.07, 6.45) is -0.670. The summed E-state index contributed by atoms with van der Waals surface area (Å²) in [6, 6.07) is 7.42. The Labute approximate surface area is 311 Å². The van der Waals surface area contributed by atoms with Gasteiger partial charge in [0, 0.05) is 83.1 Å². The number of morpholine rings is 1. The number of halogens is 1. The smallest absolute Gasteiger partial charge is 0.407 e. The molecule has 2 N–H and O–H groups in total. The Morgan fingerprint density at radius 1 is 0.943 bits per heavy atom. The van der Waals surface area contributed by atoms with Crippen LogP contribution in [0.3, 0.4) is 0 Å². The Morgan fingerprint density at radius 2 is 1.64 bits per heavy atom. The van der Waals surface area contributed by atoms with Gasteiger partial charge < -0.3 is 34.6 Å². The summed E-state index contributed by atoms with van der Waals surface area (Å²) >= 11 is 0. The van der Waals surface area contributed by atoms with Crippen molar-refractivity contribution < 1.29 is 33.4 Å². The second kappa shape index (κ2) is 17.1. The number of hydrogen-bond donors (Lipinski definition) is 2. The summed E-state index contributed by atoms with van der Waals surface area (Å²) in [5.41, 5.74) is 2.08. The fourth-order valence-corrected chi connectivity index (χ4v) is 7.96. The molecule has 0 bridgehead atoms. The molecule has 3 fully saturated rings. The molecule has 0 unspecified atom stereocenters. The Kier molecular flexibility index (Phi) is 12.5. The van der Waals surface area contributed by atoms with Crippen molar-refractivity contribution in [1.29, 1.82) is 0 Å². The molecule has 5 atom stereocenters. The SMILES string of the molecule is C[C@@H]1CN(CC(=O)N2c3cc(Cc4ccc(F)cc4)c(C(=O)NCCN4CCN(C)CC4)nc3OC[C@@H]2C)[C@@H](CN2[C@H](C)COC[C@H]2C)CN1C(=O)O. The van der Waals surface area contributed by atoms with Crippen molar-refractivity contribution in [2.24, 2.45) is 0 Å². The monoisotopic (exact) mass is 738 g/mol. The second-order valence-corrected chi connectivity index (χ2v) is 15.2. The lowest BCUT2D eigenvalue weighted by Gasteiger charge is -2.48. The first-order valence-electron chi connectivity index (χ1n) is 18.9. The fourth-order valence-electron chi connectivity index (χ4n) is 7.96. The van der Waals surface area contributed by atoms with Crippen LogP contribution >= 0.6 is 0 Å². The van der Waals surface area contributed by atoms with E-state index in [4.69, 9.17) is 14.5 Å². The number of nitrogens with one attached hydrogen (secondary N) is 1. The van der Waals surface area contributed by atoms with Crippen molar-refractivity contribution in [3.8, 4) is 5.88 Å². The van der Waals surface area contributed by atoms with Crippen LogP contribution in [-0.2, 0) is 16.0 Å². The van der Waals surface area contributed by atoms with Crippen LogP contribution in [0.2, 0.25) is 0 Å². The fraction of sp³-hybridized carbons (Fsp3) is 0.632. The largest absolute Gasteiger partial charge is 0.474 e. The van der Waals surface area contributed by atoms with E-state index in [1.165, 1.54) is 17.0 Å². The van der Waals surface area contributed by atoms with Crippen LogP contribution in [0.4, 0.5) is 14.9 Å². The van der Waals surface area contributed by atoms with Gasteiger partial charge in [0.05, 0.1) is 25.8 Å². The van der Waals surface area contributed by atoms with Crippen LogP contribution in [0.25, 0.3) is 0 Å². The van der Waals surface area contributed by atoms with E-state index in [1.54, 1.807) is 17.0 Å². The number of carboxylic acid groups (broad SMARTS) is 1. The van der Waals surface area contributed by atoms with E-state index < -0.39 is 6.09 Å². The number of fused-ring (bicyclic) bond motifs is 1. The highest BCUT2D eigenvalue weighted by Crippen LogP contribution is 2.35. The number of amides is 3. The molecule has 1 aromatic carbocycles. The molecule has 3 saturated heterocycles. The minimum atomic E-state index is -0.966. The predicted molar refractivity (Wildman–Crippen MR) is 198 cm³/mol. The molecular weight excluding hydrogens is 683 g/mol. The third-order valence-corrected chi connectivity index (χ3v) is 11.1. The van der Waals surface area contributed by atoms with Gasteiger partial charge in [-0.1, -0.05) is 12.1 Å². The van der Waals surface area contributed by atoms with Crippen LogP contribution in [0.15, 0.2) is 30.3 Å². The van der Waals surface area contributed by atoms with E-state index in [-0.39, 0.29) is 79.1 Å². The maximum atomic E-state index is 14.5. The third kappa shape index (κ3) is 9.26. The Bertz CT molecular complexity index is 1600. The molecule has 0 radical (unpaired) electrons. The Morgan fingerprint density at radius 3 is 2.32 bits per heavy atom. The van der Waals surface area contributed by atoms with Crippen LogP contribution < -0.4 is 15.0 Å². The molecule has 4 aliphatic rings. The van der Waals surface area contributed by atoms with Gasteiger partial charge >= 0.3 is 6.09 Å². The van der Waals surface area contributed by atoms with Crippen LogP contribution in [0, 0.1) is 5.82 Å². The van der Waals surface area contributed by atoms with Crippen molar-refractivity contribution in [3.05, 3.63) is 53.0 Å². The quantitative estimate of drug-likeness (QED) is 0.371. The van der Waals surface area contributed by atoms with Crippen molar-refractivity contribution in [2.45, 2.75) is 64.3 Å². The van der Waals surface area contributed by atoms with Gasteiger partial charge in [-0.2, -0.15) is 0 Å². The van der Waals surface area contributed by atoms with Crippen LogP contribution in [0.5, 0.6) is 5.88 Å². The first-order valence-corrected chi connectivity index (χ1v) is 18.9. The van der Waals surface area contributed by atoms with Gasteiger partial charge in [-0.25, -0.2) is 14.2 Å². The first kappa shape index (κ1) is 38.8. The summed E-state index contributed by atoms with van der Waals surface area (Å²) in [5.74, 6) is -0.642. The van der Waals surface area contributed by atoms with E-state index in [9.17, 15) is 23.9 Å². The highest BCUT2D eigenvalue weighted by atomic mass is 19.1. The number of rotatable bonds is 10. The number of pyridine rings is 1. The molecule has 15 heteroatoms. The molecule has 0 spiro atoms. The Hall–Kier alpha value is -3.89. The van der Waals surface area contributed by atoms with E-state index in [2.05, 4.69) is 45.8 Å². The lowest BCUT2D eigenvalue weighted by atomic mass is 10.0. The minimum absolute atomic E-state index is 0.0706. The third-order valence-electron chi connectivity index (χ3n) is 11.1. The van der Waals surface area contributed by atoms with Crippen LogP contribution in [0.1, 0.15) is 49.3 Å². The molecule has 2 aromatic rings. The summed E-state index contributed by atoms with van der Waals surface area (Å²) < 4.78 is 25.7. The molecule has 14 nitrogen and oxygen atoms in total. The molecule has 290 valence electrons. The zero-order chi connectivity index (χ0) is 37.8. The average Bonchev–Trinajstić information content (AvgIpc) is 3.12. The van der Waals surface area contributed by atoms with Gasteiger partial charge in [0.25, 0.3) is 5.91 Å². The van der Waals surface area contributed by atoms with Crippen molar-refractivity contribution in [3.63, 3.8) is 0 Å². The molecule has 0 saturated carbocycles. The molecule has 1 aromatic heterocycles.